The predicted molar refractivity (Wildman–Crippen MR) is 83.7 cm³/mol. The van der Waals surface area contributed by atoms with E-state index >= 15 is 0 Å². The van der Waals surface area contributed by atoms with Crippen LogP contribution in [0.5, 0.6) is 5.75 Å². The third-order valence-electron chi connectivity index (χ3n) is 3.67. The second-order valence-corrected chi connectivity index (χ2v) is 5.38. The number of carbonyl (C=O) groups excluding carboxylic acids is 1. The van der Waals surface area contributed by atoms with Crippen molar-refractivity contribution in [2.75, 3.05) is 26.2 Å². The van der Waals surface area contributed by atoms with Gasteiger partial charge in [-0.1, -0.05) is 30.3 Å². The first-order valence-corrected chi connectivity index (χ1v) is 7.31. The second kappa shape index (κ2) is 6.12. The van der Waals surface area contributed by atoms with Crippen LogP contribution >= 0.6 is 11.8 Å². The SMILES string of the molecule is N#Cc1c(OCCN2CCN(Cl)C2=O)ccc2ccccc12. The van der Waals surface area contributed by atoms with E-state index in [1.165, 1.54) is 0 Å². The molecule has 112 valence electrons. The molecule has 6 heteroatoms. The molecule has 5 nitrogen and oxygen atoms in total. The lowest BCUT2D eigenvalue weighted by molar-refractivity contribution is 0.195. The zero-order chi connectivity index (χ0) is 15.5. The van der Waals surface area contributed by atoms with Crippen molar-refractivity contribution in [1.82, 2.24) is 9.32 Å². The van der Waals surface area contributed by atoms with Gasteiger partial charge in [0.05, 0.1) is 13.1 Å². The van der Waals surface area contributed by atoms with E-state index in [0.29, 0.717) is 37.6 Å². The van der Waals surface area contributed by atoms with E-state index in [0.717, 1.165) is 15.2 Å². The minimum Gasteiger partial charge on any atom is -0.490 e. The van der Waals surface area contributed by atoms with Gasteiger partial charge in [-0.25, -0.2) is 9.21 Å². The van der Waals surface area contributed by atoms with Gasteiger partial charge in [0.1, 0.15) is 24.0 Å². The van der Waals surface area contributed by atoms with Crippen LogP contribution in [0, 0.1) is 11.3 Å². The third-order valence-corrected chi connectivity index (χ3v) is 3.98. The summed E-state index contributed by atoms with van der Waals surface area (Å²) in [5.41, 5.74) is 0.518. The molecule has 1 aliphatic rings. The smallest absolute Gasteiger partial charge is 0.334 e. The van der Waals surface area contributed by atoms with Crippen LogP contribution in [0.1, 0.15) is 5.56 Å². The molecule has 2 amide bonds. The summed E-state index contributed by atoms with van der Waals surface area (Å²) in [6.07, 6.45) is 0. The quantitative estimate of drug-likeness (QED) is 0.815. The summed E-state index contributed by atoms with van der Waals surface area (Å²) in [4.78, 5) is 13.3. The highest BCUT2D eigenvalue weighted by molar-refractivity contribution is 6.21. The molecule has 0 spiro atoms. The lowest BCUT2D eigenvalue weighted by Gasteiger charge is -2.16. The van der Waals surface area contributed by atoms with Gasteiger partial charge in [-0.05, 0) is 11.5 Å². The van der Waals surface area contributed by atoms with E-state index < -0.39 is 0 Å². The Bertz CT molecular complexity index is 757. The van der Waals surface area contributed by atoms with Crippen molar-refractivity contribution in [2.45, 2.75) is 0 Å². The number of hydrogen-bond acceptors (Lipinski definition) is 3. The van der Waals surface area contributed by atoms with E-state index in [1.54, 1.807) is 11.0 Å². The van der Waals surface area contributed by atoms with Gasteiger partial charge < -0.3 is 9.64 Å². The molecule has 1 heterocycles. The molecule has 0 atom stereocenters. The molecule has 2 aromatic rings. The summed E-state index contributed by atoms with van der Waals surface area (Å²) in [6.45, 7) is 1.87. The van der Waals surface area contributed by atoms with Gasteiger partial charge in [-0.3, -0.25) is 0 Å². The number of rotatable bonds is 4. The minimum absolute atomic E-state index is 0.204. The van der Waals surface area contributed by atoms with Crippen LogP contribution in [-0.2, 0) is 0 Å². The number of amides is 2. The van der Waals surface area contributed by atoms with Gasteiger partial charge >= 0.3 is 6.03 Å². The summed E-state index contributed by atoms with van der Waals surface area (Å²) >= 11 is 5.72. The number of ether oxygens (including phenoxy) is 1. The topological polar surface area (TPSA) is 56.6 Å². The van der Waals surface area contributed by atoms with Crippen LogP contribution in [-0.4, -0.2) is 41.6 Å². The molecule has 1 fully saturated rings. The zero-order valence-corrected chi connectivity index (χ0v) is 12.6. The molecule has 0 radical (unpaired) electrons. The van der Waals surface area contributed by atoms with Gasteiger partial charge in [0.2, 0.25) is 0 Å². The molecule has 0 aromatic heterocycles. The van der Waals surface area contributed by atoms with Crippen LogP contribution in [0.3, 0.4) is 0 Å². The summed E-state index contributed by atoms with van der Waals surface area (Å²) < 4.78 is 6.87. The lowest BCUT2D eigenvalue weighted by atomic mass is 10.0. The first kappa shape index (κ1) is 14.5. The Morgan fingerprint density at radius 2 is 2.05 bits per heavy atom. The normalized spacial score (nSPS) is 14.5. The molecular formula is C16H14ClN3O2. The summed E-state index contributed by atoms with van der Waals surface area (Å²) in [5.74, 6) is 0.538. The van der Waals surface area contributed by atoms with Crippen LogP contribution in [0.4, 0.5) is 4.79 Å². The number of halogens is 1. The maximum atomic E-state index is 11.7. The van der Waals surface area contributed by atoms with Crippen molar-refractivity contribution in [2.24, 2.45) is 0 Å². The molecule has 0 unspecified atom stereocenters. The average Bonchev–Trinajstić information content (AvgIpc) is 2.86. The largest absolute Gasteiger partial charge is 0.490 e. The van der Waals surface area contributed by atoms with Gasteiger partial charge in [0.15, 0.2) is 0 Å². The number of nitrogens with zero attached hydrogens (tertiary/aromatic N) is 3. The Labute approximate surface area is 133 Å². The lowest BCUT2D eigenvalue weighted by Crippen LogP contribution is -2.31. The van der Waals surface area contributed by atoms with E-state index in [9.17, 15) is 10.1 Å². The van der Waals surface area contributed by atoms with Crippen LogP contribution in [0.25, 0.3) is 10.8 Å². The molecular weight excluding hydrogens is 302 g/mol. The van der Waals surface area contributed by atoms with E-state index in [-0.39, 0.29) is 6.03 Å². The maximum Gasteiger partial charge on any atom is 0.334 e. The Balaban J connectivity index is 1.72. The first-order chi connectivity index (χ1) is 10.7. The van der Waals surface area contributed by atoms with Crippen LogP contribution < -0.4 is 4.74 Å². The highest BCUT2D eigenvalue weighted by Crippen LogP contribution is 2.27. The molecule has 22 heavy (non-hydrogen) atoms. The minimum atomic E-state index is -0.204. The van der Waals surface area contributed by atoms with Crippen molar-refractivity contribution in [3.05, 3.63) is 42.0 Å². The van der Waals surface area contributed by atoms with Crippen LogP contribution in [0.2, 0.25) is 0 Å². The van der Waals surface area contributed by atoms with Crippen LogP contribution in [0.15, 0.2) is 36.4 Å². The van der Waals surface area contributed by atoms with E-state index in [4.69, 9.17) is 16.5 Å². The zero-order valence-electron chi connectivity index (χ0n) is 11.8. The fourth-order valence-corrected chi connectivity index (χ4v) is 2.70. The van der Waals surface area contributed by atoms with Gasteiger partial charge in [0.25, 0.3) is 0 Å². The predicted octanol–water partition coefficient (Wildman–Crippen LogP) is 2.98. The van der Waals surface area contributed by atoms with Crippen molar-refractivity contribution < 1.29 is 9.53 Å². The molecule has 2 aromatic carbocycles. The van der Waals surface area contributed by atoms with Crippen molar-refractivity contribution >= 4 is 28.6 Å². The van der Waals surface area contributed by atoms with E-state index in [2.05, 4.69) is 6.07 Å². The van der Waals surface area contributed by atoms with Gasteiger partial charge in [-0.2, -0.15) is 5.26 Å². The number of hydrogen-bond donors (Lipinski definition) is 0. The Kier molecular flexibility index (Phi) is 4.03. The molecule has 1 aliphatic heterocycles. The fourth-order valence-electron chi connectivity index (χ4n) is 2.51. The molecule has 3 rings (SSSR count). The Hall–Kier alpha value is -2.45. The highest BCUT2D eigenvalue weighted by Gasteiger charge is 2.26. The average molecular weight is 316 g/mol. The first-order valence-electron chi connectivity index (χ1n) is 6.97. The molecule has 0 bridgehead atoms. The fraction of sp³-hybridized carbons (Fsp3) is 0.250. The summed E-state index contributed by atoms with van der Waals surface area (Å²) in [7, 11) is 0. The Morgan fingerprint density at radius 1 is 1.23 bits per heavy atom. The number of fused-ring (bicyclic) bond motifs is 1. The number of nitriles is 1. The monoisotopic (exact) mass is 315 g/mol. The summed E-state index contributed by atoms with van der Waals surface area (Å²) in [5, 5.41) is 11.3. The molecule has 1 saturated heterocycles. The summed E-state index contributed by atoms with van der Waals surface area (Å²) in [6, 6.07) is 13.4. The maximum absolute atomic E-state index is 11.7. The van der Waals surface area contributed by atoms with Crippen molar-refractivity contribution in [3.63, 3.8) is 0 Å². The number of carbonyl (C=O) groups is 1. The highest BCUT2D eigenvalue weighted by atomic mass is 35.5. The standard InChI is InChI=1S/C16H14ClN3O2/c17-20-8-7-19(16(20)21)9-10-22-15-6-5-12-3-1-2-4-13(12)14(15)11-18/h1-6H,7-10H2. The van der Waals surface area contributed by atoms with E-state index in [1.807, 2.05) is 30.3 Å². The van der Waals surface area contributed by atoms with Gasteiger partial charge in [0, 0.05) is 23.7 Å². The second-order valence-electron chi connectivity index (χ2n) is 4.98. The number of urea groups is 1. The van der Waals surface area contributed by atoms with Crippen molar-refractivity contribution in [3.8, 4) is 11.8 Å². The van der Waals surface area contributed by atoms with Gasteiger partial charge in [-0.15, -0.1) is 0 Å². The molecule has 0 saturated carbocycles. The molecule has 0 N–H and O–H groups in total. The van der Waals surface area contributed by atoms with Crippen molar-refractivity contribution in [1.29, 1.82) is 5.26 Å². The number of benzene rings is 2. The third kappa shape index (κ3) is 2.66. The molecule has 0 aliphatic carbocycles. The Morgan fingerprint density at radius 3 is 2.77 bits per heavy atom.